The summed E-state index contributed by atoms with van der Waals surface area (Å²) in [5.41, 5.74) is 0. The summed E-state index contributed by atoms with van der Waals surface area (Å²) >= 11 is 1.05. The zero-order valence-corrected chi connectivity index (χ0v) is 6.26. The second-order valence-corrected chi connectivity index (χ2v) is 4.50. The van der Waals surface area contributed by atoms with Gasteiger partial charge in [-0.05, 0) is 0 Å². The summed E-state index contributed by atoms with van der Waals surface area (Å²) in [7, 11) is -2.79. The molecule has 8 heavy (non-hydrogen) atoms. The van der Waals surface area contributed by atoms with Crippen LogP contribution in [0.5, 0.6) is 0 Å². The lowest BCUT2D eigenvalue weighted by atomic mass is 11.0. The molecule has 0 saturated carbocycles. The fourth-order valence-corrected chi connectivity index (χ4v) is 1.80. The molecule has 0 aliphatic carbocycles. The highest BCUT2D eigenvalue weighted by Gasteiger charge is 1.98. The summed E-state index contributed by atoms with van der Waals surface area (Å²) in [5.74, 6) is 0.660. The van der Waals surface area contributed by atoms with Crippen LogP contribution >= 0.6 is 11.9 Å². The van der Waals surface area contributed by atoms with Crippen LogP contribution < -0.4 is 5.14 Å². The Labute approximate surface area is 53.7 Å². The molecule has 0 atom stereocenters. The van der Waals surface area contributed by atoms with Gasteiger partial charge in [-0.3, -0.25) is 5.14 Å². The Morgan fingerprint density at radius 2 is 2.12 bits per heavy atom. The van der Waals surface area contributed by atoms with Crippen molar-refractivity contribution in [1.82, 2.24) is 0 Å². The van der Waals surface area contributed by atoms with Gasteiger partial charge in [0.25, 0.3) is 0 Å². The lowest BCUT2D eigenvalue weighted by Crippen LogP contribution is -2.06. The standard InChI is InChI=1S/C3H9NO2S2/c1-8(5,6)3-2-7-4/h2-4H2,1H3. The first-order valence-electron chi connectivity index (χ1n) is 2.05. The third kappa shape index (κ3) is 6.26. The number of sulfone groups is 1. The third-order valence-electron chi connectivity index (χ3n) is 0.572. The molecule has 2 N–H and O–H groups in total. The minimum atomic E-state index is -2.79. The first-order chi connectivity index (χ1) is 3.56. The molecule has 0 aliphatic rings. The van der Waals surface area contributed by atoms with E-state index in [1.54, 1.807) is 0 Å². The lowest BCUT2D eigenvalue weighted by molar-refractivity contribution is 0.603. The molecule has 0 aliphatic heterocycles. The number of hydrogen-bond donors (Lipinski definition) is 1. The summed E-state index contributed by atoms with van der Waals surface area (Å²) < 4.78 is 20.6. The maximum absolute atomic E-state index is 10.3. The lowest BCUT2D eigenvalue weighted by Gasteiger charge is -1.91. The van der Waals surface area contributed by atoms with Crippen LogP contribution in [0.4, 0.5) is 0 Å². The van der Waals surface area contributed by atoms with E-state index in [1.165, 1.54) is 6.26 Å². The summed E-state index contributed by atoms with van der Waals surface area (Å²) in [4.78, 5) is 0. The Balaban J connectivity index is 3.42. The van der Waals surface area contributed by atoms with Gasteiger partial charge in [0.15, 0.2) is 0 Å². The Kier molecular flexibility index (Phi) is 3.43. The van der Waals surface area contributed by atoms with Crippen LogP contribution in [0, 0.1) is 0 Å². The van der Waals surface area contributed by atoms with Crippen LogP contribution in [0.15, 0.2) is 0 Å². The summed E-state index contributed by atoms with van der Waals surface area (Å²) in [5, 5.41) is 4.99. The maximum Gasteiger partial charge on any atom is 0.148 e. The van der Waals surface area contributed by atoms with E-state index in [4.69, 9.17) is 5.14 Å². The average molecular weight is 155 g/mol. The summed E-state index contributed by atoms with van der Waals surface area (Å²) in [6.07, 6.45) is 1.20. The number of rotatable bonds is 3. The molecule has 0 spiro atoms. The van der Waals surface area contributed by atoms with Crippen LogP contribution in [0.25, 0.3) is 0 Å². The van der Waals surface area contributed by atoms with Crippen LogP contribution in [-0.4, -0.2) is 26.2 Å². The smallest absolute Gasteiger partial charge is 0.148 e. The molecule has 0 aromatic carbocycles. The zero-order valence-electron chi connectivity index (χ0n) is 4.62. The van der Waals surface area contributed by atoms with Crippen molar-refractivity contribution in [3.63, 3.8) is 0 Å². The van der Waals surface area contributed by atoms with Gasteiger partial charge in [-0.25, -0.2) is 8.42 Å². The highest BCUT2D eigenvalue weighted by molar-refractivity contribution is 7.98. The van der Waals surface area contributed by atoms with Gasteiger partial charge in [0.1, 0.15) is 9.84 Å². The van der Waals surface area contributed by atoms with Crippen molar-refractivity contribution in [2.45, 2.75) is 0 Å². The predicted molar refractivity (Wildman–Crippen MR) is 36.4 cm³/mol. The molecule has 0 bridgehead atoms. The maximum atomic E-state index is 10.3. The van der Waals surface area contributed by atoms with Crippen molar-refractivity contribution >= 4 is 21.8 Å². The molecule has 0 amide bonds. The van der Waals surface area contributed by atoms with Gasteiger partial charge in [0.05, 0.1) is 5.75 Å². The highest BCUT2D eigenvalue weighted by Crippen LogP contribution is 1.89. The van der Waals surface area contributed by atoms with E-state index in [2.05, 4.69) is 0 Å². The normalized spacial score (nSPS) is 11.8. The number of nitrogens with two attached hydrogens (primary N) is 1. The van der Waals surface area contributed by atoms with Crippen molar-refractivity contribution in [3.05, 3.63) is 0 Å². The van der Waals surface area contributed by atoms with Gasteiger partial charge in [-0.1, -0.05) is 11.9 Å². The van der Waals surface area contributed by atoms with E-state index in [0.717, 1.165) is 11.9 Å². The van der Waals surface area contributed by atoms with Crippen molar-refractivity contribution in [2.75, 3.05) is 17.8 Å². The van der Waals surface area contributed by atoms with E-state index in [1.807, 2.05) is 0 Å². The molecule has 50 valence electrons. The van der Waals surface area contributed by atoms with Crippen molar-refractivity contribution in [3.8, 4) is 0 Å². The second-order valence-electron chi connectivity index (χ2n) is 1.50. The number of hydrogen-bond acceptors (Lipinski definition) is 4. The SMILES string of the molecule is CS(=O)(=O)CCSN. The second kappa shape index (κ2) is 3.32. The molecule has 0 aromatic heterocycles. The summed E-state index contributed by atoms with van der Waals surface area (Å²) in [6, 6.07) is 0. The highest BCUT2D eigenvalue weighted by atomic mass is 32.2. The Morgan fingerprint density at radius 3 is 2.25 bits per heavy atom. The van der Waals surface area contributed by atoms with E-state index < -0.39 is 9.84 Å². The molecule has 0 rings (SSSR count). The minimum absolute atomic E-state index is 0.175. The molecule has 3 nitrogen and oxygen atoms in total. The topological polar surface area (TPSA) is 60.2 Å². The van der Waals surface area contributed by atoms with E-state index >= 15 is 0 Å². The molecule has 0 saturated heterocycles. The molecule has 0 aromatic rings. The van der Waals surface area contributed by atoms with Crippen LogP contribution in [0.3, 0.4) is 0 Å². The van der Waals surface area contributed by atoms with Crippen LogP contribution in [0.1, 0.15) is 0 Å². The van der Waals surface area contributed by atoms with Crippen LogP contribution in [-0.2, 0) is 9.84 Å². The molecule has 0 heterocycles. The van der Waals surface area contributed by atoms with Gasteiger partial charge in [0.2, 0.25) is 0 Å². The first kappa shape index (κ1) is 8.26. The zero-order chi connectivity index (χ0) is 6.62. The minimum Gasteiger partial charge on any atom is -0.278 e. The molecule has 0 radical (unpaired) electrons. The van der Waals surface area contributed by atoms with E-state index in [-0.39, 0.29) is 5.75 Å². The Bertz CT molecular complexity index is 139. The van der Waals surface area contributed by atoms with Crippen molar-refractivity contribution in [1.29, 1.82) is 0 Å². The Morgan fingerprint density at radius 1 is 1.62 bits per heavy atom. The predicted octanol–water partition coefficient (Wildman–Crippen LogP) is -0.362. The van der Waals surface area contributed by atoms with Crippen molar-refractivity contribution < 1.29 is 8.42 Å². The van der Waals surface area contributed by atoms with E-state index in [9.17, 15) is 8.42 Å². The summed E-state index contributed by atoms with van der Waals surface area (Å²) in [6.45, 7) is 0. The molecule has 0 fully saturated rings. The molecule has 5 heteroatoms. The van der Waals surface area contributed by atoms with Gasteiger partial charge < -0.3 is 0 Å². The first-order valence-corrected chi connectivity index (χ1v) is 5.16. The molecular weight excluding hydrogens is 146 g/mol. The molecule has 0 unspecified atom stereocenters. The average Bonchev–Trinajstić information content (AvgIpc) is 1.59. The largest absolute Gasteiger partial charge is 0.278 e. The van der Waals surface area contributed by atoms with Gasteiger partial charge >= 0.3 is 0 Å². The van der Waals surface area contributed by atoms with Gasteiger partial charge in [-0.2, -0.15) is 0 Å². The molecular formula is C3H9NO2S2. The van der Waals surface area contributed by atoms with Crippen LogP contribution in [0.2, 0.25) is 0 Å². The van der Waals surface area contributed by atoms with Gasteiger partial charge in [0, 0.05) is 12.0 Å². The fourth-order valence-electron chi connectivity index (χ4n) is 0.199. The van der Waals surface area contributed by atoms with Crippen molar-refractivity contribution in [2.24, 2.45) is 5.14 Å². The fraction of sp³-hybridized carbons (Fsp3) is 1.00. The Hall–Kier alpha value is 0.260. The quantitative estimate of drug-likeness (QED) is 0.565. The van der Waals surface area contributed by atoms with Gasteiger partial charge in [-0.15, -0.1) is 0 Å². The third-order valence-corrected chi connectivity index (χ3v) is 2.22. The monoisotopic (exact) mass is 155 g/mol. The van der Waals surface area contributed by atoms with E-state index in [0.29, 0.717) is 5.75 Å².